The highest BCUT2D eigenvalue weighted by Gasteiger charge is 2.40. The maximum Gasteiger partial charge on any atom is 0.250 e. The summed E-state index contributed by atoms with van der Waals surface area (Å²) in [5.74, 6) is -0.148. The van der Waals surface area contributed by atoms with E-state index in [2.05, 4.69) is 35.4 Å². The second kappa shape index (κ2) is 7.03. The van der Waals surface area contributed by atoms with Crippen LogP contribution in [-0.4, -0.2) is 17.5 Å². The molecule has 2 aromatic heterocycles. The average molecular weight is 377 g/mol. The number of carbonyl (C=O) groups excluding carboxylic acids is 1. The molecule has 1 amide bonds. The van der Waals surface area contributed by atoms with Gasteiger partial charge in [0.1, 0.15) is 24.0 Å². The summed E-state index contributed by atoms with van der Waals surface area (Å²) in [5.41, 5.74) is 3.38. The lowest BCUT2D eigenvalue weighted by atomic mass is 9.85. The van der Waals surface area contributed by atoms with Gasteiger partial charge in [-0.15, -0.1) is 11.3 Å². The number of hydrogen-bond donors (Lipinski definition) is 2. The van der Waals surface area contributed by atoms with Gasteiger partial charge in [0.25, 0.3) is 0 Å². The summed E-state index contributed by atoms with van der Waals surface area (Å²) in [6, 6.07) is 15.8. The van der Waals surface area contributed by atoms with Crippen LogP contribution in [0.25, 0.3) is 11.3 Å². The Morgan fingerprint density at radius 1 is 1.30 bits per heavy atom. The van der Waals surface area contributed by atoms with E-state index in [1.54, 1.807) is 17.4 Å². The largest absolute Gasteiger partial charge is 0.355 e. The number of H-pyrrole nitrogens is 1. The Labute approximate surface area is 161 Å². The number of amides is 1. The molecule has 6 heteroatoms. The monoisotopic (exact) mass is 377 g/mol. The first-order chi connectivity index (χ1) is 13.2. The van der Waals surface area contributed by atoms with Crippen LogP contribution in [0.1, 0.15) is 35.9 Å². The fraction of sp³-hybridized carbons (Fsp3) is 0.238. The van der Waals surface area contributed by atoms with Crippen molar-refractivity contribution in [1.82, 2.24) is 4.98 Å². The molecule has 0 saturated carbocycles. The smallest absolute Gasteiger partial charge is 0.250 e. The second-order valence-electron chi connectivity index (χ2n) is 6.55. The molecule has 1 atom stereocenters. The molecule has 4 rings (SSSR count). The van der Waals surface area contributed by atoms with E-state index in [0.29, 0.717) is 5.69 Å². The molecular weight excluding hydrogens is 358 g/mol. The lowest BCUT2D eigenvalue weighted by Gasteiger charge is -2.33. The number of carbonyl (C=O) groups is 1. The number of benzene rings is 1. The van der Waals surface area contributed by atoms with Crippen LogP contribution in [0.15, 0.2) is 47.8 Å². The minimum absolute atomic E-state index is 0.0169. The quantitative estimate of drug-likeness (QED) is 0.696. The number of ether oxygens (including phenoxy) is 1. The number of fused-ring (bicyclic) bond motifs is 1. The van der Waals surface area contributed by atoms with Gasteiger partial charge in [-0.05, 0) is 47.7 Å². The number of rotatable bonds is 4. The maximum absolute atomic E-state index is 12.2. The van der Waals surface area contributed by atoms with E-state index in [1.807, 2.05) is 29.6 Å². The number of hydrogen-bond acceptors (Lipinski definition) is 4. The molecule has 1 unspecified atom stereocenters. The van der Waals surface area contributed by atoms with Gasteiger partial charge >= 0.3 is 0 Å². The van der Waals surface area contributed by atoms with Crippen LogP contribution in [0.3, 0.4) is 0 Å². The fourth-order valence-electron chi connectivity index (χ4n) is 3.63. The minimum Gasteiger partial charge on any atom is -0.355 e. The van der Waals surface area contributed by atoms with Crippen molar-refractivity contribution >= 4 is 22.9 Å². The predicted octanol–water partition coefficient (Wildman–Crippen LogP) is 4.63. The van der Waals surface area contributed by atoms with Crippen LogP contribution >= 0.6 is 11.3 Å². The first-order valence-corrected chi connectivity index (χ1v) is 9.76. The Morgan fingerprint density at radius 3 is 2.89 bits per heavy atom. The fourth-order valence-corrected chi connectivity index (χ4v) is 4.55. The van der Waals surface area contributed by atoms with Gasteiger partial charge in [-0.3, -0.25) is 4.79 Å². The molecule has 1 aromatic carbocycles. The van der Waals surface area contributed by atoms with Crippen molar-refractivity contribution in [2.24, 2.45) is 0 Å². The number of aromatic amines is 1. The SMILES string of the molecule is CCCC1(c2cccs2)OCC(=O)Nc2ccc(-c3ccc(C#N)[nH]3)cc21. The van der Waals surface area contributed by atoms with E-state index < -0.39 is 5.60 Å². The van der Waals surface area contributed by atoms with Crippen molar-refractivity contribution in [2.45, 2.75) is 25.4 Å². The molecule has 5 nitrogen and oxygen atoms in total. The zero-order valence-electron chi connectivity index (χ0n) is 14.9. The number of thiophene rings is 1. The van der Waals surface area contributed by atoms with Gasteiger partial charge in [0, 0.05) is 21.8 Å². The standard InChI is InChI=1S/C21H19N3O2S/c1-2-9-21(19-4-3-10-27-19)16-11-14(17-8-6-15(12-22)23-17)5-7-18(16)24-20(25)13-26-21/h3-8,10-11,23H,2,9,13H2,1H3,(H,24,25). The normalized spacial score (nSPS) is 19.0. The first-order valence-electron chi connectivity index (χ1n) is 8.88. The molecule has 0 fully saturated rings. The zero-order valence-corrected chi connectivity index (χ0v) is 15.7. The number of anilines is 1. The molecule has 0 spiro atoms. The van der Waals surface area contributed by atoms with Crippen molar-refractivity contribution in [3.8, 4) is 17.3 Å². The van der Waals surface area contributed by atoms with Gasteiger partial charge < -0.3 is 15.0 Å². The molecule has 0 aliphatic carbocycles. The maximum atomic E-state index is 12.2. The van der Waals surface area contributed by atoms with Crippen LogP contribution in [-0.2, 0) is 15.1 Å². The molecular formula is C21H19N3O2S. The number of nitriles is 1. The van der Waals surface area contributed by atoms with Crippen LogP contribution in [0.4, 0.5) is 5.69 Å². The van der Waals surface area contributed by atoms with E-state index in [4.69, 9.17) is 10.00 Å². The Balaban J connectivity index is 1.92. The molecule has 2 N–H and O–H groups in total. The van der Waals surface area contributed by atoms with Crippen molar-refractivity contribution < 1.29 is 9.53 Å². The molecule has 0 radical (unpaired) electrons. The molecule has 27 heavy (non-hydrogen) atoms. The van der Waals surface area contributed by atoms with Gasteiger partial charge in [0.2, 0.25) is 5.91 Å². The van der Waals surface area contributed by atoms with E-state index in [-0.39, 0.29) is 12.5 Å². The summed E-state index contributed by atoms with van der Waals surface area (Å²) < 4.78 is 6.27. The Hall–Kier alpha value is -2.88. The zero-order chi connectivity index (χ0) is 18.9. The van der Waals surface area contributed by atoms with Crippen LogP contribution in [0.5, 0.6) is 0 Å². The van der Waals surface area contributed by atoms with Crippen molar-refractivity contribution in [3.05, 3.63) is 64.0 Å². The van der Waals surface area contributed by atoms with Crippen LogP contribution in [0.2, 0.25) is 0 Å². The molecule has 1 aliphatic rings. The third-order valence-electron chi connectivity index (χ3n) is 4.82. The summed E-state index contributed by atoms with van der Waals surface area (Å²) in [7, 11) is 0. The molecule has 0 bridgehead atoms. The predicted molar refractivity (Wildman–Crippen MR) is 106 cm³/mol. The number of nitrogens with zero attached hydrogens (tertiary/aromatic N) is 1. The molecule has 3 aromatic rings. The average Bonchev–Trinajstić information content (AvgIpc) is 3.35. The number of nitrogens with one attached hydrogen (secondary N) is 2. The molecule has 1 aliphatic heterocycles. The van der Waals surface area contributed by atoms with Gasteiger partial charge in [-0.1, -0.05) is 25.5 Å². The van der Waals surface area contributed by atoms with Gasteiger partial charge in [-0.25, -0.2) is 0 Å². The summed E-state index contributed by atoms with van der Waals surface area (Å²) >= 11 is 1.64. The first kappa shape index (κ1) is 17.5. The van der Waals surface area contributed by atoms with E-state index in [1.165, 1.54) is 0 Å². The van der Waals surface area contributed by atoms with Gasteiger partial charge in [0.05, 0.1) is 0 Å². The third kappa shape index (κ3) is 3.05. The lowest BCUT2D eigenvalue weighted by Crippen LogP contribution is -2.31. The van der Waals surface area contributed by atoms with Crippen LogP contribution in [0, 0.1) is 11.3 Å². The summed E-state index contributed by atoms with van der Waals surface area (Å²) in [6.07, 6.45) is 1.68. The van der Waals surface area contributed by atoms with Crippen molar-refractivity contribution in [1.29, 1.82) is 5.26 Å². The van der Waals surface area contributed by atoms with E-state index >= 15 is 0 Å². The van der Waals surface area contributed by atoms with E-state index in [0.717, 1.165) is 40.2 Å². The van der Waals surface area contributed by atoms with Crippen molar-refractivity contribution in [2.75, 3.05) is 11.9 Å². The minimum atomic E-state index is -0.669. The Kier molecular flexibility index (Phi) is 4.56. The summed E-state index contributed by atoms with van der Waals surface area (Å²) in [4.78, 5) is 16.4. The molecule has 136 valence electrons. The van der Waals surface area contributed by atoms with Gasteiger partial charge in [0.15, 0.2) is 0 Å². The second-order valence-corrected chi connectivity index (χ2v) is 7.50. The van der Waals surface area contributed by atoms with Crippen LogP contribution < -0.4 is 5.32 Å². The molecule has 3 heterocycles. The third-order valence-corrected chi connectivity index (χ3v) is 5.83. The highest BCUT2D eigenvalue weighted by molar-refractivity contribution is 7.10. The lowest BCUT2D eigenvalue weighted by molar-refractivity contribution is -0.125. The number of aromatic nitrogens is 1. The summed E-state index contributed by atoms with van der Waals surface area (Å²) in [5, 5.41) is 14.1. The Bertz CT molecular complexity index is 1020. The van der Waals surface area contributed by atoms with Gasteiger partial charge in [-0.2, -0.15) is 5.26 Å². The summed E-state index contributed by atoms with van der Waals surface area (Å²) in [6.45, 7) is 2.13. The van der Waals surface area contributed by atoms with Crippen molar-refractivity contribution in [3.63, 3.8) is 0 Å². The highest BCUT2D eigenvalue weighted by Crippen LogP contribution is 2.46. The Morgan fingerprint density at radius 2 is 2.19 bits per heavy atom. The topological polar surface area (TPSA) is 77.9 Å². The highest BCUT2D eigenvalue weighted by atomic mass is 32.1. The molecule has 0 saturated heterocycles. The van der Waals surface area contributed by atoms with E-state index in [9.17, 15) is 4.79 Å².